The number of rotatable bonds is 8. The lowest BCUT2D eigenvalue weighted by atomic mass is 9.89. The molecule has 0 aliphatic carbocycles. The highest BCUT2D eigenvalue weighted by atomic mass is 16.5. The summed E-state index contributed by atoms with van der Waals surface area (Å²) in [5.74, 6) is 6.67. The maximum atomic E-state index is 5.92. The number of ether oxygens (including phenoxy) is 2. The Kier molecular flexibility index (Phi) is 6.58. The molecule has 0 fully saturated rings. The van der Waals surface area contributed by atoms with Gasteiger partial charge in [-0.05, 0) is 34.1 Å². The van der Waals surface area contributed by atoms with E-state index in [9.17, 15) is 0 Å². The first-order chi connectivity index (χ1) is 9.93. The first-order valence-corrected chi connectivity index (χ1v) is 7.52. The van der Waals surface area contributed by atoms with Crippen LogP contribution in [-0.4, -0.2) is 30.3 Å². The van der Waals surface area contributed by atoms with Gasteiger partial charge in [0.2, 0.25) is 0 Å². The number of hydrogen-bond donors (Lipinski definition) is 2. The fraction of sp³-hybridized carbons (Fsp3) is 0.688. The van der Waals surface area contributed by atoms with Gasteiger partial charge in [0.05, 0.1) is 18.8 Å². The molecular formula is C16H29N3O2. The van der Waals surface area contributed by atoms with Crippen molar-refractivity contribution < 1.29 is 9.47 Å². The number of pyridine rings is 1. The summed E-state index contributed by atoms with van der Waals surface area (Å²) in [5, 5.41) is 0. The van der Waals surface area contributed by atoms with Crippen LogP contribution >= 0.6 is 0 Å². The lowest BCUT2D eigenvalue weighted by molar-refractivity contribution is -0.0553. The molecule has 21 heavy (non-hydrogen) atoms. The van der Waals surface area contributed by atoms with Crippen LogP contribution in [-0.2, 0) is 11.2 Å². The Bertz CT molecular complexity index is 465. The van der Waals surface area contributed by atoms with Gasteiger partial charge >= 0.3 is 0 Å². The van der Waals surface area contributed by atoms with E-state index in [-0.39, 0.29) is 11.6 Å². The van der Waals surface area contributed by atoms with Gasteiger partial charge in [-0.3, -0.25) is 16.3 Å². The van der Waals surface area contributed by atoms with Crippen LogP contribution in [0.15, 0.2) is 6.20 Å². The molecule has 0 bridgehead atoms. The molecule has 120 valence electrons. The van der Waals surface area contributed by atoms with Gasteiger partial charge in [-0.15, -0.1) is 0 Å². The molecule has 0 amide bonds. The number of nitrogens with two attached hydrogens (primary N) is 1. The molecular weight excluding hydrogens is 266 g/mol. The van der Waals surface area contributed by atoms with Crippen LogP contribution < -0.4 is 16.0 Å². The highest BCUT2D eigenvalue weighted by molar-refractivity contribution is 5.41. The fourth-order valence-corrected chi connectivity index (χ4v) is 2.70. The Hall–Kier alpha value is -1.17. The highest BCUT2D eigenvalue weighted by Crippen LogP contribution is 2.28. The number of hydrazine groups is 1. The predicted octanol–water partition coefficient (Wildman–Crippen LogP) is 2.29. The molecule has 0 saturated heterocycles. The molecule has 2 atom stereocenters. The lowest BCUT2D eigenvalue weighted by Gasteiger charge is -2.36. The number of nitrogens with zero attached hydrogens (tertiary/aromatic N) is 1. The Labute approximate surface area is 128 Å². The number of hydrogen-bond acceptors (Lipinski definition) is 5. The number of aryl methyl sites for hydroxylation is 1. The van der Waals surface area contributed by atoms with Crippen LogP contribution in [0, 0.1) is 13.8 Å². The summed E-state index contributed by atoms with van der Waals surface area (Å²) in [5.41, 5.74) is 5.67. The van der Waals surface area contributed by atoms with E-state index >= 15 is 0 Å². The third-order valence-corrected chi connectivity index (χ3v) is 4.26. The summed E-state index contributed by atoms with van der Waals surface area (Å²) in [6.45, 7) is 10.9. The van der Waals surface area contributed by atoms with Crippen LogP contribution in [0.4, 0.5) is 0 Å². The smallest absolute Gasteiger partial charge is 0.128 e. The maximum absolute atomic E-state index is 5.92. The minimum absolute atomic E-state index is 0.0129. The van der Waals surface area contributed by atoms with Crippen molar-refractivity contribution in [2.24, 2.45) is 5.84 Å². The largest absolute Gasteiger partial charge is 0.496 e. The molecule has 0 saturated carbocycles. The van der Waals surface area contributed by atoms with Gasteiger partial charge in [0.1, 0.15) is 5.75 Å². The Morgan fingerprint density at radius 1 is 1.38 bits per heavy atom. The molecule has 2 unspecified atom stereocenters. The van der Waals surface area contributed by atoms with Crippen LogP contribution in [0.3, 0.4) is 0 Å². The molecule has 0 aliphatic heterocycles. The van der Waals surface area contributed by atoms with Gasteiger partial charge in [0.25, 0.3) is 0 Å². The Morgan fingerprint density at radius 2 is 2.05 bits per heavy atom. The van der Waals surface area contributed by atoms with E-state index in [0.717, 1.165) is 29.0 Å². The van der Waals surface area contributed by atoms with Gasteiger partial charge in [-0.1, -0.05) is 6.92 Å². The SMILES string of the molecule is CCOC(C)(CC)C(Cc1ncc(C)c(OC)c1C)NN. The normalized spacial score (nSPS) is 15.6. The average Bonchev–Trinajstić information content (AvgIpc) is 2.47. The van der Waals surface area contributed by atoms with Crippen molar-refractivity contribution in [3.63, 3.8) is 0 Å². The van der Waals surface area contributed by atoms with E-state index in [2.05, 4.69) is 24.3 Å². The average molecular weight is 295 g/mol. The Balaban J connectivity index is 3.07. The molecule has 1 aromatic rings. The molecule has 1 rings (SSSR count). The number of nitrogens with one attached hydrogen (secondary N) is 1. The second kappa shape index (κ2) is 7.73. The zero-order valence-corrected chi connectivity index (χ0v) is 14.1. The summed E-state index contributed by atoms with van der Waals surface area (Å²) < 4.78 is 11.4. The lowest BCUT2D eigenvalue weighted by Crippen LogP contribution is -2.54. The summed E-state index contributed by atoms with van der Waals surface area (Å²) in [6, 6.07) is -0.0129. The molecule has 0 radical (unpaired) electrons. The standard InChI is InChI=1S/C16H29N3O2/c1-7-16(5,21-8-2)14(19-17)9-13-12(4)15(20-6)11(3)10-18-13/h10,14,19H,7-9,17H2,1-6H3. The molecule has 5 heteroatoms. The predicted molar refractivity (Wildman–Crippen MR) is 85.4 cm³/mol. The number of methoxy groups -OCH3 is 1. The van der Waals surface area contributed by atoms with Crippen LogP contribution in [0.1, 0.15) is 44.0 Å². The zero-order valence-electron chi connectivity index (χ0n) is 14.1. The molecule has 0 aromatic carbocycles. The van der Waals surface area contributed by atoms with E-state index in [4.69, 9.17) is 15.3 Å². The van der Waals surface area contributed by atoms with Crippen molar-refractivity contribution in [3.05, 3.63) is 23.0 Å². The monoisotopic (exact) mass is 295 g/mol. The quantitative estimate of drug-likeness (QED) is 0.569. The minimum Gasteiger partial charge on any atom is -0.496 e. The van der Waals surface area contributed by atoms with E-state index in [0.29, 0.717) is 13.0 Å². The van der Waals surface area contributed by atoms with Crippen molar-refractivity contribution in [2.75, 3.05) is 13.7 Å². The number of aromatic nitrogens is 1. The van der Waals surface area contributed by atoms with Gasteiger partial charge < -0.3 is 9.47 Å². The first-order valence-electron chi connectivity index (χ1n) is 7.52. The van der Waals surface area contributed by atoms with Crippen LogP contribution in [0.25, 0.3) is 0 Å². The molecule has 0 aliphatic rings. The topological polar surface area (TPSA) is 69.4 Å². The summed E-state index contributed by atoms with van der Waals surface area (Å²) in [4.78, 5) is 4.55. The van der Waals surface area contributed by atoms with Crippen molar-refractivity contribution in [1.29, 1.82) is 0 Å². The molecule has 0 spiro atoms. The summed E-state index contributed by atoms with van der Waals surface area (Å²) in [6.07, 6.45) is 3.42. The molecule has 1 aromatic heterocycles. The Morgan fingerprint density at radius 3 is 2.52 bits per heavy atom. The fourth-order valence-electron chi connectivity index (χ4n) is 2.70. The third kappa shape index (κ3) is 3.93. The molecule has 1 heterocycles. The van der Waals surface area contributed by atoms with E-state index in [1.807, 2.05) is 27.0 Å². The van der Waals surface area contributed by atoms with Crippen molar-refractivity contribution in [2.45, 2.75) is 59.1 Å². The van der Waals surface area contributed by atoms with E-state index in [1.54, 1.807) is 7.11 Å². The van der Waals surface area contributed by atoms with E-state index < -0.39 is 0 Å². The van der Waals surface area contributed by atoms with Crippen LogP contribution in [0.5, 0.6) is 5.75 Å². The van der Waals surface area contributed by atoms with E-state index in [1.165, 1.54) is 0 Å². The van der Waals surface area contributed by atoms with Gasteiger partial charge in [-0.2, -0.15) is 0 Å². The van der Waals surface area contributed by atoms with Crippen molar-refractivity contribution in [1.82, 2.24) is 10.4 Å². The van der Waals surface area contributed by atoms with Gasteiger partial charge in [0, 0.05) is 36.0 Å². The zero-order chi connectivity index (χ0) is 16.0. The minimum atomic E-state index is -0.324. The first kappa shape index (κ1) is 17.9. The van der Waals surface area contributed by atoms with Crippen LogP contribution in [0.2, 0.25) is 0 Å². The second-order valence-corrected chi connectivity index (χ2v) is 5.57. The second-order valence-electron chi connectivity index (χ2n) is 5.57. The van der Waals surface area contributed by atoms with Gasteiger partial charge in [-0.25, -0.2) is 0 Å². The molecule has 3 N–H and O–H groups in total. The maximum Gasteiger partial charge on any atom is 0.128 e. The molecule has 5 nitrogen and oxygen atoms in total. The summed E-state index contributed by atoms with van der Waals surface area (Å²) >= 11 is 0. The van der Waals surface area contributed by atoms with Crippen molar-refractivity contribution >= 4 is 0 Å². The van der Waals surface area contributed by atoms with Crippen molar-refractivity contribution in [3.8, 4) is 5.75 Å². The third-order valence-electron chi connectivity index (χ3n) is 4.26. The highest BCUT2D eigenvalue weighted by Gasteiger charge is 2.33. The summed E-state index contributed by atoms with van der Waals surface area (Å²) in [7, 11) is 1.69. The van der Waals surface area contributed by atoms with Gasteiger partial charge in [0.15, 0.2) is 0 Å².